The van der Waals surface area contributed by atoms with Crippen LogP contribution in [0, 0.1) is 6.92 Å². The summed E-state index contributed by atoms with van der Waals surface area (Å²) in [6.45, 7) is 3.78. The number of ether oxygens (including phenoxy) is 1. The summed E-state index contributed by atoms with van der Waals surface area (Å²) < 4.78 is 30.4. The van der Waals surface area contributed by atoms with Gasteiger partial charge >= 0.3 is 0 Å². The van der Waals surface area contributed by atoms with Crippen molar-refractivity contribution in [3.8, 4) is 5.75 Å². The average molecular weight is 412 g/mol. The van der Waals surface area contributed by atoms with E-state index in [1.165, 1.54) is 0 Å². The summed E-state index contributed by atoms with van der Waals surface area (Å²) in [7, 11) is 0. The maximum absolute atomic E-state index is 10.9. The van der Waals surface area contributed by atoms with Gasteiger partial charge in [-0.15, -0.1) is 0 Å². The van der Waals surface area contributed by atoms with Crippen LogP contribution in [0.2, 0.25) is 0 Å². The Labute approximate surface area is 171 Å². The zero-order valence-corrected chi connectivity index (χ0v) is 16.8. The Morgan fingerprint density at radius 1 is 1.21 bits per heavy atom. The highest BCUT2D eigenvalue weighted by molar-refractivity contribution is 7.80. The van der Waals surface area contributed by atoms with E-state index in [-0.39, 0.29) is 6.10 Å². The molecule has 2 heterocycles. The van der Waals surface area contributed by atoms with Gasteiger partial charge in [0.25, 0.3) is 0 Å². The maximum Gasteiger partial charge on any atom is 0.227 e. The number of hydrogen-bond acceptors (Lipinski definition) is 7. The second kappa shape index (κ2) is 8.73. The van der Waals surface area contributed by atoms with Crippen molar-refractivity contribution in [3.63, 3.8) is 0 Å². The molecule has 29 heavy (non-hydrogen) atoms. The fourth-order valence-corrected chi connectivity index (χ4v) is 3.67. The van der Waals surface area contributed by atoms with Crippen LogP contribution in [0.15, 0.2) is 42.6 Å². The number of hydrogen-bond donors (Lipinski definition) is 3. The SMILES string of the molecule is Cc1ccc(Nc2ncc3ccc(OC4CCNCC4)cc3n2)cc1NS(=O)[O-]. The van der Waals surface area contributed by atoms with Gasteiger partial charge in [-0.3, -0.25) is 4.21 Å². The first-order valence-corrected chi connectivity index (χ1v) is 10.5. The standard InChI is InChI=1S/C20H23N5O3S/c1-13-2-4-15(10-18(13)25-29(26)27)23-20-22-12-14-3-5-17(11-19(14)24-20)28-16-6-8-21-9-7-16/h2-5,10-12,16,21,25H,6-9H2,1H3,(H,26,27)(H,22,23,24)/p-1. The fourth-order valence-electron chi connectivity index (χ4n) is 3.27. The number of rotatable bonds is 6. The highest BCUT2D eigenvalue weighted by atomic mass is 32.2. The zero-order chi connectivity index (χ0) is 20.2. The normalized spacial score (nSPS) is 15.8. The molecule has 0 saturated carbocycles. The van der Waals surface area contributed by atoms with Gasteiger partial charge in [0, 0.05) is 34.6 Å². The van der Waals surface area contributed by atoms with Crippen molar-refractivity contribution >= 4 is 39.5 Å². The Bertz CT molecular complexity index is 1040. The number of fused-ring (bicyclic) bond motifs is 1. The first-order valence-electron chi connectivity index (χ1n) is 9.44. The topological polar surface area (TPSA) is 111 Å². The van der Waals surface area contributed by atoms with Crippen LogP contribution in [-0.2, 0) is 11.3 Å². The Morgan fingerprint density at radius 2 is 2.03 bits per heavy atom. The first kappa shape index (κ1) is 19.6. The summed E-state index contributed by atoms with van der Waals surface area (Å²) in [5, 5.41) is 7.37. The van der Waals surface area contributed by atoms with Crippen molar-refractivity contribution < 1.29 is 13.5 Å². The summed E-state index contributed by atoms with van der Waals surface area (Å²) in [4.78, 5) is 8.93. The Morgan fingerprint density at radius 3 is 2.83 bits per heavy atom. The lowest BCUT2D eigenvalue weighted by Gasteiger charge is -2.23. The van der Waals surface area contributed by atoms with E-state index in [1.54, 1.807) is 12.3 Å². The number of aromatic nitrogens is 2. The molecule has 1 atom stereocenters. The third-order valence-electron chi connectivity index (χ3n) is 4.83. The minimum Gasteiger partial charge on any atom is -0.755 e. The molecule has 0 bridgehead atoms. The van der Waals surface area contributed by atoms with Gasteiger partial charge in [0.2, 0.25) is 5.95 Å². The van der Waals surface area contributed by atoms with E-state index >= 15 is 0 Å². The molecule has 1 aliphatic heterocycles. The van der Waals surface area contributed by atoms with Crippen molar-refractivity contribution in [3.05, 3.63) is 48.2 Å². The first-order chi connectivity index (χ1) is 14.1. The molecule has 0 spiro atoms. The second-order valence-electron chi connectivity index (χ2n) is 6.97. The molecule has 0 amide bonds. The second-order valence-corrected chi connectivity index (χ2v) is 7.65. The van der Waals surface area contributed by atoms with Gasteiger partial charge in [0.15, 0.2) is 0 Å². The predicted molar refractivity (Wildman–Crippen MR) is 113 cm³/mol. The average Bonchev–Trinajstić information content (AvgIpc) is 2.71. The van der Waals surface area contributed by atoms with E-state index in [9.17, 15) is 8.76 Å². The Balaban J connectivity index is 1.54. The molecule has 1 aromatic heterocycles. The van der Waals surface area contributed by atoms with Crippen molar-refractivity contribution in [2.24, 2.45) is 0 Å². The van der Waals surface area contributed by atoms with Crippen LogP contribution in [0.3, 0.4) is 0 Å². The Kier molecular flexibility index (Phi) is 5.89. The van der Waals surface area contributed by atoms with Gasteiger partial charge in [-0.05, 0) is 62.7 Å². The van der Waals surface area contributed by atoms with E-state index in [0.29, 0.717) is 17.3 Å². The monoisotopic (exact) mass is 412 g/mol. The van der Waals surface area contributed by atoms with E-state index in [1.807, 2.05) is 37.3 Å². The third kappa shape index (κ3) is 5.00. The molecular weight excluding hydrogens is 390 g/mol. The van der Waals surface area contributed by atoms with Crippen molar-refractivity contribution in [1.82, 2.24) is 15.3 Å². The molecule has 2 aromatic carbocycles. The fraction of sp³-hybridized carbons (Fsp3) is 0.300. The summed E-state index contributed by atoms with van der Waals surface area (Å²) in [5.41, 5.74) is 2.78. The summed E-state index contributed by atoms with van der Waals surface area (Å²) in [6.07, 6.45) is 3.95. The highest BCUT2D eigenvalue weighted by Gasteiger charge is 2.14. The molecule has 1 fully saturated rings. The molecule has 1 aliphatic rings. The molecule has 1 unspecified atom stereocenters. The molecule has 0 radical (unpaired) electrons. The van der Waals surface area contributed by atoms with E-state index < -0.39 is 11.3 Å². The van der Waals surface area contributed by atoms with Gasteiger partial charge in [-0.2, -0.15) is 0 Å². The molecule has 3 N–H and O–H groups in total. The maximum atomic E-state index is 10.9. The lowest BCUT2D eigenvalue weighted by atomic mass is 10.1. The van der Waals surface area contributed by atoms with Crippen molar-refractivity contribution in [2.45, 2.75) is 25.9 Å². The summed E-state index contributed by atoms with van der Waals surface area (Å²) in [5.74, 6) is 1.23. The number of nitrogens with one attached hydrogen (secondary N) is 3. The van der Waals surface area contributed by atoms with Gasteiger partial charge in [-0.25, -0.2) is 9.97 Å². The molecule has 4 rings (SSSR count). The van der Waals surface area contributed by atoms with Gasteiger partial charge in [-0.1, -0.05) is 6.07 Å². The number of piperidine rings is 1. The largest absolute Gasteiger partial charge is 0.755 e. The molecule has 152 valence electrons. The molecule has 9 heteroatoms. The van der Waals surface area contributed by atoms with Crippen LogP contribution in [-0.4, -0.2) is 37.9 Å². The molecule has 3 aromatic rings. The number of aryl methyl sites for hydroxylation is 1. The van der Waals surface area contributed by atoms with Crippen molar-refractivity contribution in [1.29, 1.82) is 0 Å². The number of nitrogens with zero attached hydrogens (tertiary/aromatic N) is 2. The van der Waals surface area contributed by atoms with Crippen LogP contribution < -0.4 is 20.1 Å². The van der Waals surface area contributed by atoms with Crippen LogP contribution in [0.4, 0.5) is 17.3 Å². The lowest BCUT2D eigenvalue weighted by Crippen LogP contribution is -2.34. The molecular formula is C20H22N5O3S-. The summed E-state index contributed by atoms with van der Waals surface area (Å²) in [6, 6.07) is 11.2. The van der Waals surface area contributed by atoms with Crippen LogP contribution in [0.25, 0.3) is 10.9 Å². The smallest absolute Gasteiger partial charge is 0.227 e. The van der Waals surface area contributed by atoms with Gasteiger partial charge < -0.3 is 24.6 Å². The van der Waals surface area contributed by atoms with E-state index in [4.69, 9.17) is 4.74 Å². The van der Waals surface area contributed by atoms with Gasteiger partial charge in [0.1, 0.15) is 11.9 Å². The molecule has 8 nitrogen and oxygen atoms in total. The van der Waals surface area contributed by atoms with Crippen LogP contribution in [0.5, 0.6) is 5.75 Å². The number of anilines is 3. The highest BCUT2D eigenvalue weighted by Crippen LogP contribution is 2.25. The molecule has 1 saturated heterocycles. The van der Waals surface area contributed by atoms with Crippen LogP contribution in [0.1, 0.15) is 18.4 Å². The van der Waals surface area contributed by atoms with E-state index in [0.717, 1.165) is 48.1 Å². The minimum atomic E-state index is -2.38. The Hall–Kier alpha value is -2.75. The van der Waals surface area contributed by atoms with Crippen molar-refractivity contribution in [2.75, 3.05) is 23.1 Å². The minimum absolute atomic E-state index is 0.221. The predicted octanol–water partition coefficient (Wildman–Crippen LogP) is 3.02. The zero-order valence-electron chi connectivity index (χ0n) is 16.0. The van der Waals surface area contributed by atoms with E-state index in [2.05, 4.69) is 25.3 Å². The van der Waals surface area contributed by atoms with Crippen LogP contribution >= 0.6 is 0 Å². The quantitative estimate of drug-likeness (QED) is 0.534. The third-order valence-corrected chi connectivity index (χ3v) is 5.22. The summed E-state index contributed by atoms with van der Waals surface area (Å²) >= 11 is -2.38. The lowest BCUT2D eigenvalue weighted by molar-refractivity contribution is 0.162. The van der Waals surface area contributed by atoms with Gasteiger partial charge in [0.05, 0.1) is 11.2 Å². The number of benzene rings is 2. The molecule has 0 aliphatic carbocycles.